The van der Waals surface area contributed by atoms with Crippen LogP contribution in [0.15, 0.2) is 18.2 Å². The van der Waals surface area contributed by atoms with E-state index < -0.39 is 0 Å². The van der Waals surface area contributed by atoms with Crippen molar-refractivity contribution in [1.29, 1.82) is 0 Å². The highest BCUT2D eigenvalue weighted by atomic mass is 35.5. The van der Waals surface area contributed by atoms with Crippen molar-refractivity contribution in [2.24, 2.45) is 0 Å². The fraction of sp³-hybridized carbons (Fsp3) is 0.667. The number of unbranched alkanes of at least 4 members (excludes halogenated alkanes) is 2. The Morgan fingerprint density at radius 1 is 1.09 bits per heavy atom. The molecule has 128 valence electrons. The zero-order chi connectivity index (χ0) is 14.4. The highest BCUT2D eigenvalue weighted by Gasteiger charge is 2.23. The molecular formula is C18H32Cl2N2. The molecule has 2 rings (SSSR count). The van der Waals surface area contributed by atoms with E-state index in [2.05, 4.69) is 49.2 Å². The van der Waals surface area contributed by atoms with Crippen molar-refractivity contribution >= 4 is 24.8 Å². The van der Waals surface area contributed by atoms with Crippen LogP contribution in [0.3, 0.4) is 0 Å². The minimum absolute atomic E-state index is 0. The summed E-state index contributed by atoms with van der Waals surface area (Å²) < 4.78 is 0. The quantitative estimate of drug-likeness (QED) is 0.752. The Bertz CT molecular complexity index is 418. The molecule has 2 nitrogen and oxygen atoms in total. The molecule has 0 aliphatic carbocycles. The number of hydrogen-bond acceptors (Lipinski definition) is 2. The van der Waals surface area contributed by atoms with E-state index >= 15 is 0 Å². The molecule has 0 aromatic heterocycles. The number of piperazine rings is 1. The van der Waals surface area contributed by atoms with Crippen LogP contribution in [0.2, 0.25) is 0 Å². The Hall–Kier alpha value is -0.280. The van der Waals surface area contributed by atoms with Crippen LogP contribution in [-0.4, -0.2) is 31.1 Å². The maximum atomic E-state index is 3.47. The normalized spacial score (nSPS) is 16.5. The van der Waals surface area contributed by atoms with Gasteiger partial charge < -0.3 is 5.32 Å². The number of aryl methyl sites for hydroxylation is 1. The molecule has 0 unspecified atom stereocenters. The van der Waals surface area contributed by atoms with Crippen LogP contribution in [-0.2, 0) is 0 Å². The predicted molar refractivity (Wildman–Crippen MR) is 102 cm³/mol. The number of halogens is 2. The van der Waals surface area contributed by atoms with Crippen molar-refractivity contribution < 1.29 is 0 Å². The molecule has 22 heavy (non-hydrogen) atoms. The largest absolute Gasteiger partial charge is 0.314 e. The van der Waals surface area contributed by atoms with E-state index in [1.54, 1.807) is 5.56 Å². The van der Waals surface area contributed by atoms with Crippen molar-refractivity contribution in [1.82, 2.24) is 10.2 Å². The summed E-state index contributed by atoms with van der Waals surface area (Å²) in [6.45, 7) is 11.5. The van der Waals surface area contributed by atoms with Gasteiger partial charge in [0.05, 0.1) is 0 Å². The summed E-state index contributed by atoms with van der Waals surface area (Å²) in [5.74, 6) is 0. The molecule has 0 spiro atoms. The Balaban J connectivity index is 0.00000220. The first kappa shape index (κ1) is 21.7. The number of rotatable bonds is 6. The molecule has 1 aliphatic heterocycles. The van der Waals surface area contributed by atoms with Gasteiger partial charge in [-0.3, -0.25) is 4.90 Å². The predicted octanol–water partition coefficient (Wildman–Crippen LogP) is 4.67. The van der Waals surface area contributed by atoms with Gasteiger partial charge in [-0.1, -0.05) is 44.4 Å². The first-order valence-electron chi connectivity index (χ1n) is 8.25. The van der Waals surface area contributed by atoms with Gasteiger partial charge in [0.15, 0.2) is 0 Å². The second-order valence-corrected chi connectivity index (χ2v) is 6.09. The minimum Gasteiger partial charge on any atom is -0.314 e. The SMILES string of the molecule is CCCCC[C@@H](c1cccc(C)c1C)N1CCNCC1.Cl.Cl. The van der Waals surface area contributed by atoms with Gasteiger partial charge in [-0.05, 0) is 37.0 Å². The van der Waals surface area contributed by atoms with E-state index in [0.29, 0.717) is 6.04 Å². The molecule has 0 amide bonds. The highest BCUT2D eigenvalue weighted by Crippen LogP contribution is 2.30. The Kier molecular flexibility index (Phi) is 11.1. The maximum absolute atomic E-state index is 3.47. The lowest BCUT2D eigenvalue weighted by molar-refractivity contribution is 0.162. The van der Waals surface area contributed by atoms with E-state index in [4.69, 9.17) is 0 Å². The molecule has 1 heterocycles. The summed E-state index contributed by atoms with van der Waals surface area (Å²) in [4.78, 5) is 2.69. The van der Waals surface area contributed by atoms with Crippen LogP contribution in [0.1, 0.15) is 55.3 Å². The monoisotopic (exact) mass is 346 g/mol. The second kappa shape index (κ2) is 11.3. The van der Waals surface area contributed by atoms with E-state index in [-0.39, 0.29) is 24.8 Å². The highest BCUT2D eigenvalue weighted by molar-refractivity contribution is 5.85. The van der Waals surface area contributed by atoms with Crippen molar-refractivity contribution in [3.8, 4) is 0 Å². The fourth-order valence-corrected chi connectivity index (χ4v) is 3.25. The van der Waals surface area contributed by atoms with Crippen LogP contribution in [0.25, 0.3) is 0 Å². The summed E-state index contributed by atoms with van der Waals surface area (Å²) in [5.41, 5.74) is 4.48. The summed E-state index contributed by atoms with van der Waals surface area (Å²) in [5, 5.41) is 3.47. The number of hydrogen-bond donors (Lipinski definition) is 1. The molecule has 4 heteroatoms. The third-order valence-electron chi connectivity index (χ3n) is 4.68. The smallest absolute Gasteiger partial charge is 0.0351 e. The van der Waals surface area contributed by atoms with E-state index in [1.807, 2.05) is 0 Å². The average molecular weight is 347 g/mol. The molecule has 1 fully saturated rings. The molecule has 1 aromatic carbocycles. The Morgan fingerprint density at radius 2 is 1.77 bits per heavy atom. The lowest BCUT2D eigenvalue weighted by Gasteiger charge is -2.36. The third-order valence-corrected chi connectivity index (χ3v) is 4.68. The number of benzene rings is 1. The summed E-state index contributed by atoms with van der Waals surface area (Å²) in [7, 11) is 0. The Morgan fingerprint density at radius 3 is 2.41 bits per heavy atom. The van der Waals surface area contributed by atoms with Crippen LogP contribution < -0.4 is 5.32 Å². The van der Waals surface area contributed by atoms with Crippen molar-refractivity contribution in [2.45, 2.75) is 52.5 Å². The standard InChI is InChI=1S/C18H30N2.2ClH/c1-4-5-6-10-18(20-13-11-19-12-14-20)17-9-7-8-15(2)16(17)3;;/h7-9,18-19H,4-6,10-14H2,1-3H3;2*1H/t18-;;/m0../s1. The lowest BCUT2D eigenvalue weighted by atomic mass is 9.92. The van der Waals surface area contributed by atoms with E-state index in [1.165, 1.54) is 49.9 Å². The lowest BCUT2D eigenvalue weighted by Crippen LogP contribution is -2.45. The summed E-state index contributed by atoms with van der Waals surface area (Å²) in [6.07, 6.45) is 5.31. The third kappa shape index (κ3) is 5.73. The van der Waals surface area contributed by atoms with Crippen molar-refractivity contribution in [2.75, 3.05) is 26.2 Å². The molecule has 1 atom stereocenters. The average Bonchev–Trinajstić information content (AvgIpc) is 2.48. The van der Waals surface area contributed by atoms with Gasteiger partial charge in [0.2, 0.25) is 0 Å². The topological polar surface area (TPSA) is 15.3 Å². The van der Waals surface area contributed by atoms with Crippen LogP contribution in [0, 0.1) is 13.8 Å². The fourth-order valence-electron chi connectivity index (χ4n) is 3.25. The minimum atomic E-state index is 0. The zero-order valence-electron chi connectivity index (χ0n) is 14.2. The van der Waals surface area contributed by atoms with Gasteiger partial charge in [-0.2, -0.15) is 0 Å². The summed E-state index contributed by atoms with van der Waals surface area (Å²) in [6, 6.07) is 7.43. The van der Waals surface area contributed by atoms with Crippen LogP contribution >= 0.6 is 24.8 Å². The Labute approximate surface area is 148 Å². The van der Waals surface area contributed by atoms with Crippen molar-refractivity contribution in [3.05, 3.63) is 34.9 Å². The molecule has 0 bridgehead atoms. The van der Waals surface area contributed by atoms with Gasteiger partial charge in [0.1, 0.15) is 0 Å². The maximum Gasteiger partial charge on any atom is 0.0351 e. The molecule has 1 N–H and O–H groups in total. The zero-order valence-corrected chi connectivity index (χ0v) is 15.9. The molecule has 0 saturated carbocycles. The van der Waals surface area contributed by atoms with Crippen molar-refractivity contribution in [3.63, 3.8) is 0 Å². The molecule has 1 saturated heterocycles. The number of nitrogens with zero attached hydrogens (tertiary/aromatic N) is 1. The van der Waals surface area contributed by atoms with Crippen LogP contribution in [0.4, 0.5) is 0 Å². The van der Waals surface area contributed by atoms with Crippen LogP contribution in [0.5, 0.6) is 0 Å². The van der Waals surface area contributed by atoms with E-state index in [9.17, 15) is 0 Å². The van der Waals surface area contributed by atoms with Gasteiger partial charge >= 0.3 is 0 Å². The molecule has 1 aliphatic rings. The van der Waals surface area contributed by atoms with E-state index in [0.717, 1.165) is 13.1 Å². The first-order valence-corrected chi connectivity index (χ1v) is 8.25. The second-order valence-electron chi connectivity index (χ2n) is 6.09. The molecule has 0 radical (unpaired) electrons. The van der Waals surface area contributed by atoms with Gasteiger partial charge in [0, 0.05) is 32.2 Å². The molecule has 1 aromatic rings. The first-order chi connectivity index (χ1) is 9.74. The summed E-state index contributed by atoms with van der Waals surface area (Å²) >= 11 is 0. The number of nitrogens with one attached hydrogen (secondary N) is 1. The van der Waals surface area contributed by atoms with Gasteiger partial charge in [-0.25, -0.2) is 0 Å². The molecular weight excluding hydrogens is 315 g/mol. The van der Waals surface area contributed by atoms with Gasteiger partial charge in [0.25, 0.3) is 0 Å². The van der Waals surface area contributed by atoms with Gasteiger partial charge in [-0.15, -0.1) is 24.8 Å².